The molecule has 1 aromatic carbocycles. The van der Waals surface area contributed by atoms with Crippen LogP contribution in [0.3, 0.4) is 0 Å². The van der Waals surface area contributed by atoms with Crippen molar-refractivity contribution in [1.82, 2.24) is 19.4 Å². The quantitative estimate of drug-likeness (QED) is 0.470. The first-order chi connectivity index (χ1) is 14.4. The number of nitrogens with zero attached hydrogens (tertiary/aromatic N) is 4. The van der Waals surface area contributed by atoms with Crippen LogP contribution in [0, 0.1) is 6.92 Å². The first-order valence-electron chi connectivity index (χ1n) is 10.0. The summed E-state index contributed by atoms with van der Waals surface area (Å²) in [7, 11) is -1.47. The van der Waals surface area contributed by atoms with Crippen LogP contribution in [0.1, 0.15) is 11.1 Å². The molecule has 9 nitrogen and oxygen atoms in total. The zero-order chi connectivity index (χ0) is 21.9. The first-order valence-corrected chi connectivity index (χ1v) is 11.4. The Labute approximate surface area is 178 Å². The first kappa shape index (κ1) is 24.2. The van der Waals surface area contributed by atoms with Gasteiger partial charge in [-0.3, -0.25) is 24.0 Å². The minimum Gasteiger partial charge on any atom is -0.480 e. The number of carboxylic acid groups (broad SMARTS) is 1. The summed E-state index contributed by atoms with van der Waals surface area (Å²) in [6.45, 7) is 5.33. The molecule has 10 heteroatoms. The number of carboxylic acids is 1. The average Bonchev–Trinajstić information content (AvgIpc) is 2.71. The smallest absolute Gasteiger partial charge is 0.317 e. The molecular weight excluding hydrogens is 407 g/mol. The molecule has 2 rings (SSSR count). The number of aryl methyl sites for hydroxylation is 1. The third kappa shape index (κ3) is 8.36. The van der Waals surface area contributed by atoms with Crippen molar-refractivity contribution < 1.29 is 24.4 Å². The summed E-state index contributed by atoms with van der Waals surface area (Å²) in [4.78, 5) is 49.8. The molecule has 166 valence electrons. The van der Waals surface area contributed by atoms with Crippen LogP contribution in [0.5, 0.6) is 0 Å². The maximum absolute atomic E-state index is 11.4. The molecule has 0 bridgehead atoms. The number of carbonyl (C=O) groups is 3. The predicted octanol–water partition coefficient (Wildman–Crippen LogP) is 0.418. The Balaban J connectivity index is 2.10. The SMILES string of the molecule is Cc1ccc(CP(O)N2CCN(C=O)CCN(C=O)CCN(CC(=O)O)CC2)cc1. The van der Waals surface area contributed by atoms with Crippen molar-refractivity contribution in [2.24, 2.45) is 0 Å². The molecule has 1 unspecified atom stereocenters. The number of hydrogen-bond donors (Lipinski definition) is 2. The predicted molar refractivity (Wildman–Crippen MR) is 115 cm³/mol. The molecule has 30 heavy (non-hydrogen) atoms. The molecule has 1 aliphatic rings. The molecule has 2 N–H and O–H groups in total. The highest BCUT2D eigenvalue weighted by molar-refractivity contribution is 7.48. The molecule has 1 aromatic rings. The van der Waals surface area contributed by atoms with E-state index in [9.17, 15) is 24.4 Å². The number of hydrogen-bond acceptors (Lipinski definition) is 6. The Morgan fingerprint density at radius 1 is 0.933 bits per heavy atom. The van der Waals surface area contributed by atoms with Crippen LogP contribution in [-0.2, 0) is 20.5 Å². The van der Waals surface area contributed by atoms with Crippen LogP contribution < -0.4 is 0 Å². The van der Waals surface area contributed by atoms with Crippen molar-refractivity contribution in [1.29, 1.82) is 0 Å². The van der Waals surface area contributed by atoms with E-state index in [4.69, 9.17) is 0 Å². The minimum absolute atomic E-state index is 0.123. The second kappa shape index (κ2) is 12.6. The average molecular weight is 438 g/mol. The van der Waals surface area contributed by atoms with Gasteiger partial charge in [-0.25, -0.2) is 0 Å². The summed E-state index contributed by atoms with van der Waals surface area (Å²) in [6, 6.07) is 8.02. The van der Waals surface area contributed by atoms with Gasteiger partial charge in [0.1, 0.15) is 8.30 Å². The van der Waals surface area contributed by atoms with Gasteiger partial charge in [-0.05, 0) is 12.5 Å². The highest BCUT2D eigenvalue weighted by atomic mass is 31.2. The summed E-state index contributed by atoms with van der Waals surface area (Å²) >= 11 is 0. The standard InChI is InChI=1S/C20H31N4O5P/c1-18-2-4-19(5-3-18)15-30(29)24-12-10-21(14-20(27)28)6-7-22(16-25)8-9-23(17-26)11-13-24/h2-5,16-17,29H,6-15H2,1H3,(H,27,28). The summed E-state index contributed by atoms with van der Waals surface area (Å²) in [6.07, 6.45) is 2.01. The Morgan fingerprint density at radius 3 is 2.00 bits per heavy atom. The molecule has 1 aliphatic heterocycles. The molecular formula is C20H31N4O5P. The summed E-state index contributed by atoms with van der Waals surface area (Å²) < 4.78 is 1.94. The molecule has 1 heterocycles. The van der Waals surface area contributed by atoms with Gasteiger partial charge >= 0.3 is 5.97 Å². The fourth-order valence-corrected chi connectivity index (χ4v) is 4.60. The lowest BCUT2D eigenvalue weighted by atomic mass is 10.2. The van der Waals surface area contributed by atoms with E-state index in [0.717, 1.165) is 23.9 Å². The zero-order valence-electron chi connectivity index (χ0n) is 17.4. The van der Waals surface area contributed by atoms with Crippen LogP contribution >= 0.6 is 8.30 Å². The second-order valence-corrected chi connectivity index (χ2v) is 9.05. The zero-order valence-corrected chi connectivity index (χ0v) is 18.3. The largest absolute Gasteiger partial charge is 0.480 e. The van der Waals surface area contributed by atoms with Crippen LogP contribution in [0.15, 0.2) is 24.3 Å². The molecule has 1 saturated heterocycles. The van der Waals surface area contributed by atoms with E-state index >= 15 is 0 Å². The number of benzene rings is 1. The van der Waals surface area contributed by atoms with E-state index in [2.05, 4.69) is 0 Å². The van der Waals surface area contributed by atoms with E-state index in [1.165, 1.54) is 0 Å². The number of aliphatic carboxylic acids is 1. The number of rotatable bonds is 7. The summed E-state index contributed by atoms with van der Waals surface area (Å²) in [5.74, 6) is -0.927. The van der Waals surface area contributed by atoms with E-state index in [-0.39, 0.29) is 6.54 Å². The molecule has 0 spiro atoms. The van der Waals surface area contributed by atoms with Crippen molar-refractivity contribution in [3.63, 3.8) is 0 Å². The number of carbonyl (C=O) groups excluding carboxylic acids is 2. The normalized spacial score (nSPS) is 18.9. The molecule has 0 aromatic heterocycles. The highest BCUT2D eigenvalue weighted by Gasteiger charge is 2.21. The van der Waals surface area contributed by atoms with Gasteiger partial charge in [-0.2, -0.15) is 0 Å². The van der Waals surface area contributed by atoms with E-state index in [0.29, 0.717) is 58.5 Å². The minimum atomic E-state index is -1.47. The van der Waals surface area contributed by atoms with E-state index in [1.54, 1.807) is 14.7 Å². The van der Waals surface area contributed by atoms with Crippen LogP contribution in [0.4, 0.5) is 0 Å². The van der Waals surface area contributed by atoms with Gasteiger partial charge < -0.3 is 19.8 Å². The highest BCUT2D eigenvalue weighted by Crippen LogP contribution is 2.39. The lowest BCUT2D eigenvalue weighted by molar-refractivity contribution is -0.138. The Kier molecular flexibility index (Phi) is 10.2. The lowest BCUT2D eigenvalue weighted by Gasteiger charge is -2.33. The Morgan fingerprint density at radius 2 is 1.43 bits per heavy atom. The van der Waals surface area contributed by atoms with Gasteiger partial charge in [-0.15, -0.1) is 0 Å². The Bertz CT molecular complexity index is 690. The van der Waals surface area contributed by atoms with Crippen LogP contribution in [0.25, 0.3) is 0 Å². The van der Waals surface area contributed by atoms with Gasteiger partial charge in [0.15, 0.2) is 0 Å². The maximum atomic E-state index is 11.4. The molecule has 0 aliphatic carbocycles. The van der Waals surface area contributed by atoms with Gasteiger partial charge in [0.2, 0.25) is 12.8 Å². The van der Waals surface area contributed by atoms with Crippen molar-refractivity contribution >= 4 is 27.1 Å². The molecule has 1 atom stereocenters. The monoisotopic (exact) mass is 438 g/mol. The Hall–Kier alpha value is -2.06. The lowest BCUT2D eigenvalue weighted by Crippen LogP contribution is -2.45. The second-order valence-electron chi connectivity index (χ2n) is 7.42. The summed E-state index contributed by atoms with van der Waals surface area (Å²) in [5.41, 5.74) is 2.19. The van der Waals surface area contributed by atoms with Gasteiger partial charge in [0.25, 0.3) is 0 Å². The van der Waals surface area contributed by atoms with Crippen molar-refractivity contribution in [2.75, 3.05) is 58.9 Å². The number of amides is 2. The third-order valence-electron chi connectivity index (χ3n) is 5.13. The van der Waals surface area contributed by atoms with Crippen molar-refractivity contribution in [3.05, 3.63) is 35.4 Å². The fourth-order valence-electron chi connectivity index (χ4n) is 3.22. The van der Waals surface area contributed by atoms with Crippen LogP contribution in [0.2, 0.25) is 0 Å². The molecule has 0 radical (unpaired) electrons. The molecule has 2 amide bonds. The van der Waals surface area contributed by atoms with Crippen molar-refractivity contribution in [3.8, 4) is 0 Å². The van der Waals surface area contributed by atoms with Gasteiger partial charge in [0.05, 0.1) is 6.54 Å². The summed E-state index contributed by atoms with van der Waals surface area (Å²) in [5, 5.41) is 9.21. The van der Waals surface area contributed by atoms with E-state index in [1.807, 2.05) is 35.9 Å². The van der Waals surface area contributed by atoms with E-state index < -0.39 is 14.3 Å². The molecule has 1 fully saturated rings. The topological polar surface area (TPSA) is 105 Å². The molecule has 0 saturated carbocycles. The van der Waals surface area contributed by atoms with Crippen LogP contribution in [-0.4, -0.2) is 107 Å². The van der Waals surface area contributed by atoms with Gasteiger partial charge in [-0.1, -0.05) is 29.8 Å². The maximum Gasteiger partial charge on any atom is 0.317 e. The third-order valence-corrected chi connectivity index (χ3v) is 6.83. The van der Waals surface area contributed by atoms with Gasteiger partial charge in [0, 0.05) is 58.5 Å². The van der Waals surface area contributed by atoms with Crippen molar-refractivity contribution in [2.45, 2.75) is 13.1 Å². The fraction of sp³-hybridized carbons (Fsp3) is 0.550.